The van der Waals surface area contributed by atoms with Crippen LogP contribution in [0.3, 0.4) is 0 Å². The van der Waals surface area contributed by atoms with E-state index in [0.29, 0.717) is 6.54 Å². The van der Waals surface area contributed by atoms with Gasteiger partial charge in [0.15, 0.2) is 5.96 Å². The number of unbranched alkanes of at least 4 members (excludes halogenated alkanes) is 1. The van der Waals surface area contributed by atoms with Crippen molar-refractivity contribution in [2.24, 2.45) is 4.99 Å². The van der Waals surface area contributed by atoms with Crippen molar-refractivity contribution in [3.8, 4) is 5.75 Å². The Labute approximate surface area is 197 Å². The van der Waals surface area contributed by atoms with Crippen LogP contribution in [0.5, 0.6) is 5.75 Å². The number of aryl methyl sites for hydroxylation is 2. The molecule has 0 aliphatic rings. The maximum absolute atomic E-state index is 11.7. The predicted octanol–water partition coefficient (Wildman–Crippen LogP) is 4.10. The number of nitrogens with zero attached hydrogens (tertiary/aromatic N) is 2. The normalized spacial score (nSPS) is 12.1. The van der Waals surface area contributed by atoms with Crippen molar-refractivity contribution in [1.29, 1.82) is 0 Å². The van der Waals surface area contributed by atoms with Crippen LogP contribution in [0.1, 0.15) is 44.2 Å². The highest BCUT2D eigenvalue weighted by atomic mass is 127. The first kappa shape index (κ1) is 26.0. The summed E-state index contributed by atoms with van der Waals surface area (Å²) in [5, 5.41) is 6.69. The van der Waals surface area contributed by atoms with Crippen molar-refractivity contribution in [3.63, 3.8) is 0 Å². The van der Waals surface area contributed by atoms with Crippen LogP contribution in [0.2, 0.25) is 0 Å². The molecule has 0 fully saturated rings. The summed E-state index contributed by atoms with van der Waals surface area (Å²) in [5.41, 5.74) is 2.35. The molecule has 7 heteroatoms. The quantitative estimate of drug-likeness (QED) is 0.212. The molecule has 0 aliphatic heterocycles. The van der Waals surface area contributed by atoms with Gasteiger partial charge in [0.05, 0.1) is 6.10 Å². The fraction of sp³-hybridized carbons (Fsp3) is 0.478. The van der Waals surface area contributed by atoms with Crippen molar-refractivity contribution in [1.82, 2.24) is 15.2 Å². The fourth-order valence-corrected chi connectivity index (χ4v) is 2.88. The Kier molecular flexibility index (Phi) is 12.2. The van der Waals surface area contributed by atoms with Crippen LogP contribution in [-0.2, 0) is 13.1 Å². The molecule has 2 N–H and O–H groups in total. The summed E-state index contributed by atoms with van der Waals surface area (Å²) in [7, 11) is 1.77. The Morgan fingerprint density at radius 3 is 2.70 bits per heavy atom. The molecule has 0 aliphatic carbocycles. The molecule has 1 aromatic heterocycles. The number of nitrogens with one attached hydrogen (secondary N) is 2. The topological polar surface area (TPSA) is 67.7 Å². The summed E-state index contributed by atoms with van der Waals surface area (Å²) in [6.07, 6.45) is 4.87. The lowest BCUT2D eigenvalue weighted by molar-refractivity contribution is 0.215. The Hall–Kier alpha value is -2.03. The summed E-state index contributed by atoms with van der Waals surface area (Å²) < 4.78 is 7.82. The van der Waals surface area contributed by atoms with Gasteiger partial charge >= 0.3 is 0 Å². The summed E-state index contributed by atoms with van der Waals surface area (Å²) >= 11 is 0. The first-order valence-corrected chi connectivity index (χ1v) is 10.4. The van der Waals surface area contributed by atoms with Crippen LogP contribution in [0.4, 0.5) is 0 Å². The zero-order valence-corrected chi connectivity index (χ0v) is 20.8. The summed E-state index contributed by atoms with van der Waals surface area (Å²) in [6.45, 7) is 8.45. The first-order chi connectivity index (χ1) is 14.0. The number of hydrogen-bond donors (Lipinski definition) is 2. The van der Waals surface area contributed by atoms with Crippen LogP contribution in [0.25, 0.3) is 0 Å². The van der Waals surface area contributed by atoms with Gasteiger partial charge in [-0.05, 0) is 50.8 Å². The van der Waals surface area contributed by atoms with E-state index < -0.39 is 0 Å². The molecule has 2 aromatic rings. The molecular weight excluding hydrogens is 491 g/mol. The van der Waals surface area contributed by atoms with Crippen LogP contribution >= 0.6 is 24.0 Å². The van der Waals surface area contributed by atoms with Gasteiger partial charge < -0.3 is 19.9 Å². The van der Waals surface area contributed by atoms with E-state index in [0.717, 1.165) is 49.6 Å². The zero-order chi connectivity index (χ0) is 21.1. The second kappa shape index (κ2) is 14.1. The standard InChI is InChI=1S/C23H34N4O2.HI/c1-5-19(3)29-21-16-18(2)11-12-20(21)17-26-23(24-4)25-13-7-9-15-27-14-8-6-10-22(27)28;/h6,8,10-12,14,16,19H,5,7,9,13,15,17H2,1-4H3,(H2,24,25,26);1H. The number of rotatable bonds is 10. The molecule has 0 spiro atoms. The van der Waals surface area contributed by atoms with Crippen molar-refractivity contribution in [2.75, 3.05) is 13.6 Å². The number of aliphatic imine (C=N–C) groups is 1. The monoisotopic (exact) mass is 526 g/mol. The van der Waals surface area contributed by atoms with Gasteiger partial charge in [-0.25, -0.2) is 0 Å². The summed E-state index contributed by atoms with van der Waals surface area (Å²) in [5.74, 6) is 1.69. The van der Waals surface area contributed by atoms with Crippen molar-refractivity contribution < 1.29 is 4.74 Å². The molecule has 0 bridgehead atoms. The number of pyridine rings is 1. The van der Waals surface area contributed by atoms with Gasteiger partial charge in [-0.2, -0.15) is 0 Å². The Morgan fingerprint density at radius 1 is 1.20 bits per heavy atom. The SMILES string of the molecule is CCC(C)Oc1cc(C)ccc1CNC(=NC)NCCCCn1ccccc1=O.I. The van der Waals surface area contributed by atoms with Gasteiger partial charge in [0.1, 0.15) is 5.75 Å². The third-order valence-corrected chi connectivity index (χ3v) is 4.81. The van der Waals surface area contributed by atoms with E-state index >= 15 is 0 Å². The molecule has 2 rings (SSSR count). The molecule has 1 unspecified atom stereocenters. The maximum Gasteiger partial charge on any atom is 0.250 e. The summed E-state index contributed by atoms with van der Waals surface area (Å²) in [4.78, 5) is 16.0. The molecular formula is C23H35IN4O2. The molecule has 0 saturated carbocycles. The minimum atomic E-state index is 0. The van der Waals surface area contributed by atoms with Crippen LogP contribution in [0, 0.1) is 6.92 Å². The highest BCUT2D eigenvalue weighted by Crippen LogP contribution is 2.22. The number of hydrogen-bond acceptors (Lipinski definition) is 3. The third-order valence-electron chi connectivity index (χ3n) is 4.81. The number of ether oxygens (including phenoxy) is 1. The minimum absolute atomic E-state index is 0. The second-order valence-corrected chi connectivity index (χ2v) is 7.24. The Bertz CT molecular complexity index is 851. The largest absolute Gasteiger partial charge is 0.490 e. The second-order valence-electron chi connectivity index (χ2n) is 7.24. The number of aromatic nitrogens is 1. The first-order valence-electron chi connectivity index (χ1n) is 10.4. The third kappa shape index (κ3) is 8.77. The molecule has 1 atom stereocenters. The highest BCUT2D eigenvalue weighted by Gasteiger charge is 2.08. The molecule has 30 heavy (non-hydrogen) atoms. The average Bonchev–Trinajstić information content (AvgIpc) is 2.72. The molecule has 6 nitrogen and oxygen atoms in total. The molecule has 1 heterocycles. The van der Waals surface area contributed by atoms with E-state index in [2.05, 4.69) is 54.6 Å². The van der Waals surface area contributed by atoms with Gasteiger partial charge in [0, 0.05) is 44.5 Å². The Balaban J connectivity index is 0.00000450. The predicted molar refractivity (Wildman–Crippen MR) is 135 cm³/mol. The minimum Gasteiger partial charge on any atom is -0.490 e. The van der Waals surface area contributed by atoms with Gasteiger partial charge in [0.25, 0.3) is 0 Å². The van der Waals surface area contributed by atoms with Crippen molar-refractivity contribution in [2.45, 2.75) is 59.2 Å². The lowest BCUT2D eigenvalue weighted by atomic mass is 10.1. The molecule has 0 amide bonds. The van der Waals surface area contributed by atoms with E-state index in [4.69, 9.17) is 4.74 Å². The van der Waals surface area contributed by atoms with Crippen molar-refractivity contribution >= 4 is 29.9 Å². The van der Waals surface area contributed by atoms with Gasteiger partial charge in [0.2, 0.25) is 5.56 Å². The number of halogens is 1. The van der Waals surface area contributed by atoms with E-state index in [1.165, 1.54) is 5.56 Å². The zero-order valence-electron chi connectivity index (χ0n) is 18.5. The van der Waals surface area contributed by atoms with Gasteiger partial charge in [-0.3, -0.25) is 9.79 Å². The number of benzene rings is 1. The van der Waals surface area contributed by atoms with Crippen LogP contribution < -0.4 is 20.9 Å². The van der Waals surface area contributed by atoms with Crippen LogP contribution in [0.15, 0.2) is 52.4 Å². The van der Waals surface area contributed by atoms with Crippen molar-refractivity contribution in [3.05, 3.63) is 64.1 Å². The molecule has 0 radical (unpaired) electrons. The molecule has 1 aromatic carbocycles. The number of guanidine groups is 1. The average molecular weight is 526 g/mol. The Morgan fingerprint density at radius 2 is 2.00 bits per heavy atom. The van der Waals surface area contributed by atoms with E-state index in [1.54, 1.807) is 23.7 Å². The fourth-order valence-electron chi connectivity index (χ4n) is 2.88. The summed E-state index contributed by atoms with van der Waals surface area (Å²) in [6, 6.07) is 11.5. The van der Waals surface area contributed by atoms with Crippen LogP contribution in [-0.4, -0.2) is 30.2 Å². The van der Waals surface area contributed by atoms with E-state index in [9.17, 15) is 4.79 Å². The lowest BCUT2D eigenvalue weighted by Crippen LogP contribution is -2.37. The molecule has 166 valence electrons. The highest BCUT2D eigenvalue weighted by molar-refractivity contribution is 14.0. The van der Waals surface area contributed by atoms with E-state index in [-0.39, 0.29) is 35.6 Å². The van der Waals surface area contributed by atoms with E-state index in [1.807, 2.05) is 12.3 Å². The lowest BCUT2D eigenvalue weighted by Gasteiger charge is -2.18. The smallest absolute Gasteiger partial charge is 0.250 e. The molecule has 0 saturated heterocycles. The van der Waals surface area contributed by atoms with Gasteiger partial charge in [-0.15, -0.1) is 24.0 Å². The van der Waals surface area contributed by atoms with Gasteiger partial charge in [-0.1, -0.05) is 25.1 Å². The maximum atomic E-state index is 11.7.